The molecule has 3 amide bonds. The van der Waals surface area contributed by atoms with Crippen molar-refractivity contribution in [2.45, 2.75) is 58.3 Å². The molecule has 1 aromatic carbocycles. The van der Waals surface area contributed by atoms with Crippen molar-refractivity contribution in [3.63, 3.8) is 0 Å². The summed E-state index contributed by atoms with van der Waals surface area (Å²) in [5, 5.41) is 5.66. The number of carbonyl (C=O) groups is 3. The first-order chi connectivity index (χ1) is 14.3. The third-order valence-electron chi connectivity index (χ3n) is 5.23. The molecule has 0 aliphatic carbocycles. The lowest BCUT2D eigenvalue weighted by Gasteiger charge is -2.31. The first kappa shape index (κ1) is 24.0. The Morgan fingerprint density at radius 3 is 2.63 bits per heavy atom. The molecular formula is C21H31ClN4O4. The maximum absolute atomic E-state index is 13.2. The van der Waals surface area contributed by atoms with Crippen LogP contribution in [0.2, 0.25) is 0 Å². The van der Waals surface area contributed by atoms with E-state index in [2.05, 4.69) is 15.5 Å². The van der Waals surface area contributed by atoms with Gasteiger partial charge in [-0.1, -0.05) is 26.0 Å². The number of likely N-dealkylation sites (tertiary alicyclic amines) is 1. The summed E-state index contributed by atoms with van der Waals surface area (Å²) in [7, 11) is 1.59. The van der Waals surface area contributed by atoms with Crippen LogP contribution in [0.5, 0.6) is 5.75 Å². The van der Waals surface area contributed by atoms with Crippen LogP contribution in [0.1, 0.15) is 39.2 Å². The largest absolute Gasteiger partial charge is 0.497 e. The zero-order chi connectivity index (χ0) is 22.3. The average Bonchev–Trinajstić information content (AvgIpc) is 3.24. The third-order valence-corrected chi connectivity index (χ3v) is 5.55. The molecule has 0 bridgehead atoms. The van der Waals surface area contributed by atoms with Gasteiger partial charge in [-0.2, -0.15) is 0 Å². The highest BCUT2D eigenvalue weighted by Gasteiger charge is 2.38. The fourth-order valence-electron chi connectivity index (χ4n) is 3.41. The molecule has 0 aromatic heterocycles. The number of nitrogens with zero attached hydrogens (tertiary/aromatic N) is 1. The lowest BCUT2D eigenvalue weighted by Crippen LogP contribution is -2.56. The SMILES string of the molecule is COc1cccc(CNC(=O)C2CCCN2C(=O)C(NC(=O)C(C)NCl)C(C)C)c1. The number of hydrogen-bond acceptors (Lipinski definition) is 5. The van der Waals surface area contributed by atoms with Crippen LogP contribution >= 0.6 is 11.8 Å². The van der Waals surface area contributed by atoms with Crippen molar-refractivity contribution in [1.29, 1.82) is 0 Å². The second kappa shape index (κ2) is 11.2. The molecule has 9 heteroatoms. The number of methoxy groups -OCH3 is 1. The summed E-state index contributed by atoms with van der Waals surface area (Å²) < 4.78 is 5.20. The lowest BCUT2D eigenvalue weighted by molar-refractivity contribution is -0.142. The number of rotatable bonds is 9. The quantitative estimate of drug-likeness (QED) is 0.508. The van der Waals surface area contributed by atoms with Crippen LogP contribution in [0.3, 0.4) is 0 Å². The summed E-state index contributed by atoms with van der Waals surface area (Å²) in [6.07, 6.45) is 1.33. The van der Waals surface area contributed by atoms with Crippen molar-refractivity contribution in [2.75, 3.05) is 13.7 Å². The minimum atomic E-state index is -0.725. The molecule has 30 heavy (non-hydrogen) atoms. The monoisotopic (exact) mass is 438 g/mol. The van der Waals surface area contributed by atoms with E-state index in [1.165, 1.54) is 0 Å². The Hall–Kier alpha value is -2.32. The first-order valence-corrected chi connectivity index (χ1v) is 10.5. The molecule has 3 atom stereocenters. The summed E-state index contributed by atoms with van der Waals surface area (Å²) in [4.78, 5) is 42.1. The van der Waals surface area contributed by atoms with Gasteiger partial charge in [0.2, 0.25) is 17.7 Å². The molecule has 0 saturated carbocycles. The van der Waals surface area contributed by atoms with Crippen LogP contribution in [-0.2, 0) is 20.9 Å². The highest BCUT2D eigenvalue weighted by Crippen LogP contribution is 2.21. The molecule has 1 aliphatic rings. The first-order valence-electron chi connectivity index (χ1n) is 10.2. The van der Waals surface area contributed by atoms with Crippen molar-refractivity contribution in [2.24, 2.45) is 5.92 Å². The van der Waals surface area contributed by atoms with Gasteiger partial charge in [0.05, 0.1) is 13.2 Å². The molecule has 1 heterocycles. The van der Waals surface area contributed by atoms with Gasteiger partial charge in [-0.3, -0.25) is 14.4 Å². The van der Waals surface area contributed by atoms with E-state index < -0.39 is 18.1 Å². The Morgan fingerprint density at radius 1 is 1.27 bits per heavy atom. The number of carbonyl (C=O) groups excluding carboxylic acids is 3. The minimum absolute atomic E-state index is 0.134. The smallest absolute Gasteiger partial charge is 0.246 e. The zero-order valence-electron chi connectivity index (χ0n) is 17.9. The standard InChI is InChI=1S/C21H31ClN4O4/c1-13(2)18(24-19(27)14(3)25-22)21(29)26-10-6-9-17(26)20(28)23-12-15-7-5-8-16(11-15)30-4/h5,7-8,11,13-14,17-18,25H,6,9-10,12H2,1-4H3,(H,23,28)(H,24,27). The molecule has 8 nitrogen and oxygen atoms in total. The molecule has 3 unspecified atom stereocenters. The van der Waals surface area contributed by atoms with Crippen molar-refractivity contribution >= 4 is 29.5 Å². The zero-order valence-corrected chi connectivity index (χ0v) is 18.7. The van der Waals surface area contributed by atoms with Gasteiger partial charge in [0.1, 0.15) is 17.8 Å². The normalized spacial score (nSPS) is 18.1. The van der Waals surface area contributed by atoms with Crippen LogP contribution in [0.15, 0.2) is 24.3 Å². The van der Waals surface area contributed by atoms with E-state index in [0.29, 0.717) is 19.5 Å². The lowest BCUT2D eigenvalue weighted by atomic mass is 10.0. The van der Waals surface area contributed by atoms with Crippen LogP contribution in [0.25, 0.3) is 0 Å². The molecule has 3 N–H and O–H groups in total. The van der Waals surface area contributed by atoms with Crippen LogP contribution in [0, 0.1) is 5.92 Å². The second-order valence-corrected chi connectivity index (χ2v) is 8.04. The van der Waals surface area contributed by atoms with Crippen LogP contribution in [0.4, 0.5) is 0 Å². The average molecular weight is 439 g/mol. The number of benzene rings is 1. The number of halogens is 1. The highest BCUT2D eigenvalue weighted by atomic mass is 35.5. The molecule has 0 radical (unpaired) electrons. The van der Waals surface area contributed by atoms with E-state index in [1.807, 2.05) is 38.1 Å². The van der Waals surface area contributed by atoms with E-state index >= 15 is 0 Å². The fraction of sp³-hybridized carbons (Fsp3) is 0.571. The summed E-state index contributed by atoms with van der Waals surface area (Å²) in [6, 6.07) is 5.54. The van der Waals surface area contributed by atoms with Gasteiger partial charge in [0.15, 0.2) is 0 Å². The fourth-order valence-corrected chi connectivity index (χ4v) is 3.51. The van der Waals surface area contributed by atoms with E-state index in [1.54, 1.807) is 18.9 Å². The van der Waals surface area contributed by atoms with Gasteiger partial charge in [0.25, 0.3) is 0 Å². The van der Waals surface area contributed by atoms with E-state index in [-0.39, 0.29) is 23.6 Å². The number of nitrogens with one attached hydrogen (secondary N) is 3. The summed E-state index contributed by atoms with van der Waals surface area (Å²) in [5.74, 6) is -0.233. The van der Waals surface area contributed by atoms with Gasteiger partial charge >= 0.3 is 0 Å². The molecule has 0 spiro atoms. The molecule has 166 valence electrons. The molecule has 1 fully saturated rings. The second-order valence-electron chi connectivity index (χ2n) is 7.82. The predicted octanol–water partition coefficient (Wildman–Crippen LogP) is 1.58. The predicted molar refractivity (Wildman–Crippen MR) is 115 cm³/mol. The number of hydrogen-bond donors (Lipinski definition) is 3. The van der Waals surface area contributed by atoms with E-state index in [9.17, 15) is 14.4 Å². The van der Waals surface area contributed by atoms with E-state index in [0.717, 1.165) is 17.7 Å². The Labute approximate surface area is 182 Å². The van der Waals surface area contributed by atoms with Gasteiger partial charge < -0.3 is 20.3 Å². The molecule has 1 saturated heterocycles. The summed E-state index contributed by atoms with van der Waals surface area (Å²) in [6.45, 7) is 6.15. The van der Waals surface area contributed by atoms with Crippen LogP contribution in [-0.4, -0.2) is 54.4 Å². The maximum Gasteiger partial charge on any atom is 0.246 e. The van der Waals surface area contributed by atoms with Gasteiger partial charge in [0, 0.05) is 13.1 Å². The number of amides is 3. The molecule has 1 aliphatic heterocycles. The van der Waals surface area contributed by atoms with Gasteiger partial charge in [-0.05, 0) is 55.2 Å². The van der Waals surface area contributed by atoms with Crippen molar-refractivity contribution in [3.05, 3.63) is 29.8 Å². The minimum Gasteiger partial charge on any atom is -0.497 e. The Morgan fingerprint density at radius 2 is 2.00 bits per heavy atom. The van der Waals surface area contributed by atoms with Gasteiger partial charge in [-0.25, -0.2) is 4.84 Å². The van der Waals surface area contributed by atoms with Gasteiger partial charge in [-0.15, -0.1) is 0 Å². The van der Waals surface area contributed by atoms with Crippen molar-refractivity contribution in [1.82, 2.24) is 20.4 Å². The Kier molecular flexibility index (Phi) is 8.92. The van der Waals surface area contributed by atoms with Crippen molar-refractivity contribution < 1.29 is 19.1 Å². The Bertz CT molecular complexity index is 758. The van der Waals surface area contributed by atoms with Crippen molar-refractivity contribution in [3.8, 4) is 5.75 Å². The highest BCUT2D eigenvalue weighted by molar-refractivity contribution is 6.15. The summed E-state index contributed by atoms with van der Waals surface area (Å²) >= 11 is 5.52. The molecule has 2 rings (SSSR count). The molecular weight excluding hydrogens is 408 g/mol. The van der Waals surface area contributed by atoms with Crippen LogP contribution < -0.4 is 20.2 Å². The Balaban J connectivity index is 2.03. The topological polar surface area (TPSA) is 99.8 Å². The third kappa shape index (κ3) is 6.09. The number of ether oxygens (including phenoxy) is 1. The summed E-state index contributed by atoms with van der Waals surface area (Å²) in [5.41, 5.74) is 0.911. The maximum atomic E-state index is 13.2. The molecule has 1 aromatic rings. The van der Waals surface area contributed by atoms with E-state index in [4.69, 9.17) is 16.5 Å².